The molecule has 0 bridgehead atoms. The average molecular weight is 753 g/mol. The van der Waals surface area contributed by atoms with Gasteiger partial charge in [0.05, 0.1) is 24.2 Å². The molecule has 0 spiro atoms. The summed E-state index contributed by atoms with van der Waals surface area (Å²) >= 11 is 0. The van der Waals surface area contributed by atoms with Crippen molar-refractivity contribution in [3.05, 3.63) is 46.6 Å². The molecule has 0 saturated heterocycles. The third kappa shape index (κ3) is 6.86. The summed E-state index contributed by atoms with van der Waals surface area (Å²) in [6.45, 7) is 24.0. The lowest BCUT2D eigenvalue weighted by atomic mass is 9.33. The molecule has 0 aromatic heterocycles. The van der Waals surface area contributed by atoms with Crippen LogP contribution in [0.15, 0.2) is 46.6 Å². The number of rotatable bonds is 8. The first-order chi connectivity index (χ1) is 24.9. The SMILES string of the molecule is CC(C)=CC(=O)OC[C@@]12C(CC(C)(C)[C@@H](OC(=O)C=C(C)C)[C@@H]1O)C1=CCC3[C@@]4(C)CC[C@H](O)[C@](C)(COC(=O)C=C(C)C)C4CC[C@@]3(C)[C@]1(C)C[C@H]2O. The van der Waals surface area contributed by atoms with Gasteiger partial charge in [-0.15, -0.1) is 0 Å². The third-order valence-electron chi connectivity index (χ3n) is 15.3. The Bertz CT molecular complexity index is 1620. The third-order valence-corrected chi connectivity index (χ3v) is 15.3. The second-order valence-corrected chi connectivity index (χ2v) is 20.1. The van der Waals surface area contributed by atoms with Crippen molar-refractivity contribution in [2.24, 2.45) is 50.2 Å². The van der Waals surface area contributed by atoms with Crippen molar-refractivity contribution in [1.82, 2.24) is 0 Å². The molecule has 5 rings (SSSR count). The van der Waals surface area contributed by atoms with Crippen LogP contribution in [0.25, 0.3) is 0 Å². The summed E-state index contributed by atoms with van der Waals surface area (Å²) in [5.41, 5.74) is 0.105. The van der Waals surface area contributed by atoms with Crippen LogP contribution in [0.2, 0.25) is 0 Å². The fourth-order valence-corrected chi connectivity index (χ4v) is 12.5. The molecule has 12 atom stereocenters. The van der Waals surface area contributed by atoms with Gasteiger partial charge < -0.3 is 29.5 Å². The molecule has 0 amide bonds. The molecule has 54 heavy (non-hydrogen) atoms. The molecule has 4 saturated carbocycles. The van der Waals surface area contributed by atoms with Crippen molar-refractivity contribution in [3.63, 3.8) is 0 Å². The van der Waals surface area contributed by atoms with Gasteiger partial charge in [-0.3, -0.25) is 0 Å². The van der Waals surface area contributed by atoms with Crippen LogP contribution in [0, 0.1) is 50.2 Å². The molecule has 0 aliphatic heterocycles. The summed E-state index contributed by atoms with van der Waals surface area (Å²) < 4.78 is 17.8. The molecule has 3 N–H and O–H groups in total. The zero-order chi connectivity index (χ0) is 40.4. The number of carbonyl (C=O) groups excluding carboxylic acids is 3. The van der Waals surface area contributed by atoms with Gasteiger partial charge in [-0.25, -0.2) is 14.4 Å². The summed E-state index contributed by atoms with van der Waals surface area (Å²) in [5.74, 6) is -1.50. The van der Waals surface area contributed by atoms with E-state index in [1.165, 1.54) is 23.8 Å². The minimum absolute atomic E-state index is 0.110. The van der Waals surface area contributed by atoms with Gasteiger partial charge in [0.2, 0.25) is 0 Å². The van der Waals surface area contributed by atoms with Crippen molar-refractivity contribution in [2.75, 3.05) is 13.2 Å². The molecule has 0 heterocycles. The monoisotopic (exact) mass is 752 g/mol. The van der Waals surface area contributed by atoms with E-state index in [0.29, 0.717) is 19.3 Å². The lowest BCUT2D eigenvalue weighted by Gasteiger charge is -2.72. The Kier molecular flexibility index (Phi) is 11.5. The molecule has 4 fully saturated rings. The van der Waals surface area contributed by atoms with E-state index in [9.17, 15) is 29.7 Å². The Morgan fingerprint density at radius 3 is 1.85 bits per heavy atom. The fraction of sp³-hybridized carbons (Fsp3) is 0.756. The van der Waals surface area contributed by atoms with Crippen molar-refractivity contribution >= 4 is 17.9 Å². The van der Waals surface area contributed by atoms with Gasteiger partial charge in [-0.05, 0) is 120 Å². The number of hydrogen-bond acceptors (Lipinski definition) is 9. The van der Waals surface area contributed by atoms with Crippen LogP contribution in [0.4, 0.5) is 0 Å². The van der Waals surface area contributed by atoms with E-state index in [4.69, 9.17) is 14.2 Å². The van der Waals surface area contributed by atoms with Gasteiger partial charge >= 0.3 is 17.9 Å². The molecule has 5 aliphatic carbocycles. The zero-order valence-electron chi connectivity index (χ0n) is 35.0. The molecule has 9 heteroatoms. The van der Waals surface area contributed by atoms with Gasteiger partial charge in [-0.1, -0.05) is 69.9 Å². The van der Waals surface area contributed by atoms with E-state index >= 15 is 0 Å². The number of allylic oxidation sites excluding steroid dienone is 5. The largest absolute Gasteiger partial charge is 0.462 e. The summed E-state index contributed by atoms with van der Waals surface area (Å²) in [5, 5.41) is 36.7. The predicted octanol–water partition coefficient (Wildman–Crippen LogP) is 7.58. The molecule has 0 aromatic carbocycles. The highest BCUT2D eigenvalue weighted by atomic mass is 16.6. The standard InChI is InChI=1S/C45H68O9/c1-26(2)19-35(48)52-24-42(10)31-15-18-43(11)32(41(31,9)17-16-33(42)46)14-13-29-30-22-40(7,8)39(54-37(50)21-28(5)6)38(51)45(30,34(47)23-44(29,43)12)25-53-36(49)20-27(3)4/h13,19-21,30-34,38-39,46-47,51H,14-18,22-25H2,1-12H3/t30?,31?,32?,33-,34+,38-,39-,41-,42+,43+,44+,45-/m0/s1. The molecule has 9 nitrogen and oxygen atoms in total. The minimum atomic E-state index is -1.31. The number of carbonyl (C=O) groups is 3. The molecule has 0 radical (unpaired) electrons. The maximum atomic E-state index is 13.1. The number of esters is 3. The van der Waals surface area contributed by atoms with Crippen LogP contribution in [0.1, 0.15) is 128 Å². The Labute approximate surface area is 323 Å². The fourth-order valence-electron chi connectivity index (χ4n) is 12.5. The normalized spacial score (nSPS) is 41.9. The number of ether oxygens (including phenoxy) is 3. The first kappa shape index (κ1) is 42.4. The highest BCUT2D eigenvalue weighted by molar-refractivity contribution is 5.83. The molecule has 0 aromatic rings. The summed E-state index contributed by atoms with van der Waals surface area (Å²) in [6.07, 6.45) is 7.54. The molecular formula is C45H68O9. The van der Waals surface area contributed by atoms with E-state index in [-0.39, 0.29) is 47.8 Å². The van der Waals surface area contributed by atoms with E-state index in [0.717, 1.165) is 42.4 Å². The zero-order valence-corrected chi connectivity index (χ0v) is 35.0. The molecule has 5 aliphatic rings. The smallest absolute Gasteiger partial charge is 0.331 e. The first-order valence-electron chi connectivity index (χ1n) is 20.1. The Morgan fingerprint density at radius 2 is 1.28 bits per heavy atom. The topological polar surface area (TPSA) is 140 Å². The van der Waals surface area contributed by atoms with Gasteiger partial charge in [-0.2, -0.15) is 0 Å². The highest BCUT2D eigenvalue weighted by Gasteiger charge is 2.73. The van der Waals surface area contributed by atoms with Crippen LogP contribution in [0.5, 0.6) is 0 Å². The lowest BCUT2D eigenvalue weighted by molar-refractivity contribution is -0.263. The van der Waals surface area contributed by atoms with Crippen molar-refractivity contribution < 1.29 is 43.9 Å². The van der Waals surface area contributed by atoms with Crippen LogP contribution in [0.3, 0.4) is 0 Å². The summed E-state index contributed by atoms with van der Waals surface area (Å²) in [7, 11) is 0. The quantitative estimate of drug-likeness (QED) is 0.0991. The molecular weight excluding hydrogens is 684 g/mol. The summed E-state index contributed by atoms with van der Waals surface area (Å²) in [4.78, 5) is 38.8. The maximum absolute atomic E-state index is 13.1. The minimum Gasteiger partial charge on any atom is -0.462 e. The lowest BCUT2D eigenvalue weighted by Crippen LogP contribution is -2.72. The van der Waals surface area contributed by atoms with Crippen LogP contribution >= 0.6 is 0 Å². The first-order valence-corrected chi connectivity index (χ1v) is 20.1. The van der Waals surface area contributed by atoms with E-state index in [1.54, 1.807) is 0 Å². The van der Waals surface area contributed by atoms with Gasteiger partial charge in [0.25, 0.3) is 0 Å². The van der Waals surface area contributed by atoms with Crippen LogP contribution in [-0.2, 0) is 28.6 Å². The van der Waals surface area contributed by atoms with E-state index < -0.39 is 58.0 Å². The second kappa shape index (κ2) is 14.6. The summed E-state index contributed by atoms with van der Waals surface area (Å²) in [6, 6.07) is 0. The van der Waals surface area contributed by atoms with Gasteiger partial charge in [0, 0.05) is 29.1 Å². The Hall–Kier alpha value is -2.75. The maximum Gasteiger partial charge on any atom is 0.331 e. The van der Waals surface area contributed by atoms with Crippen molar-refractivity contribution in [2.45, 2.75) is 152 Å². The highest BCUT2D eigenvalue weighted by Crippen LogP contribution is 2.76. The van der Waals surface area contributed by atoms with Gasteiger partial charge in [0.1, 0.15) is 18.8 Å². The predicted molar refractivity (Wildman–Crippen MR) is 208 cm³/mol. The Morgan fingerprint density at radius 1 is 0.722 bits per heavy atom. The second-order valence-electron chi connectivity index (χ2n) is 20.1. The van der Waals surface area contributed by atoms with Crippen molar-refractivity contribution in [1.29, 1.82) is 0 Å². The number of aliphatic hydroxyl groups is 3. The number of fused-ring (bicyclic) bond motifs is 7. The van der Waals surface area contributed by atoms with Crippen LogP contribution < -0.4 is 0 Å². The average Bonchev–Trinajstić information content (AvgIpc) is 3.03. The van der Waals surface area contributed by atoms with E-state index in [1.807, 2.05) is 55.4 Å². The van der Waals surface area contributed by atoms with Crippen molar-refractivity contribution in [3.8, 4) is 0 Å². The van der Waals surface area contributed by atoms with Crippen LogP contribution in [-0.4, -0.2) is 70.9 Å². The van der Waals surface area contributed by atoms with Gasteiger partial charge in [0.15, 0.2) is 0 Å². The molecule has 302 valence electrons. The molecule has 3 unspecified atom stereocenters. The van der Waals surface area contributed by atoms with E-state index in [2.05, 4.69) is 33.8 Å². The Balaban J connectivity index is 1.57. The number of hydrogen-bond donors (Lipinski definition) is 3. The number of aliphatic hydroxyl groups excluding tert-OH is 3.